The third kappa shape index (κ3) is 1.54. The highest BCUT2D eigenvalue weighted by Crippen LogP contribution is 2.47. The van der Waals surface area contributed by atoms with Gasteiger partial charge in [0.25, 0.3) is 6.01 Å². The molecule has 21 heavy (non-hydrogen) atoms. The Morgan fingerprint density at radius 1 is 1.38 bits per heavy atom. The van der Waals surface area contributed by atoms with Gasteiger partial charge < -0.3 is 9.13 Å². The highest BCUT2D eigenvalue weighted by atomic mass is 35.5. The van der Waals surface area contributed by atoms with E-state index in [0.29, 0.717) is 21.3 Å². The van der Waals surface area contributed by atoms with Crippen LogP contribution < -0.4 is 4.74 Å². The lowest BCUT2D eigenvalue weighted by atomic mass is 9.71. The molecule has 1 aromatic carbocycles. The van der Waals surface area contributed by atoms with Crippen molar-refractivity contribution in [2.24, 2.45) is 5.92 Å². The van der Waals surface area contributed by atoms with Crippen LogP contribution in [-0.4, -0.2) is 47.2 Å². The Labute approximate surface area is 129 Å². The minimum atomic E-state index is -0.163. The third-order valence-corrected chi connectivity index (χ3v) is 5.89. The maximum absolute atomic E-state index is 6.50. The second-order valence-corrected chi connectivity index (χ2v) is 7.26. The highest BCUT2D eigenvalue weighted by Gasteiger charge is 2.55. The minimum Gasteiger partial charge on any atom is -0.585 e. The van der Waals surface area contributed by atoms with Crippen LogP contribution in [0.2, 0.25) is 5.02 Å². The lowest BCUT2D eigenvalue weighted by Gasteiger charge is -2.64. The molecule has 1 atom stereocenters. The lowest BCUT2D eigenvalue weighted by molar-refractivity contribution is -0.845. The molecule has 6 rings (SSSR count). The van der Waals surface area contributed by atoms with Gasteiger partial charge in [0, 0.05) is 19.0 Å². The van der Waals surface area contributed by atoms with Crippen LogP contribution in [0.1, 0.15) is 12.8 Å². The monoisotopic (exact) mass is 300 g/mol. The minimum absolute atomic E-state index is 0.163. The Kier molecular flexibility index (Phi) is 2.21. The summed E-state index contributed by atoms with van der Waals surface area (Å²) in [5, 5.41) is 0.684. The summed E-state index contributed by atoms with van der Waals surface area (Å²) < 4.78 is 9.20. The Morgan fingerprint density at radius 3 is 2.95 bits per heavy atom. The van der Waals surface area contributed by atoms with Gasteiger partial charge in [-0.25, -0.2) is 7.98 Å². The van der Waals surface area contributed by atoms with Crippen molar-refractivity contribution in [3.63, 3.8) is 0 Å². The number of ether oxygens (including phenoxy) is 1. The molecule has 3 saturated heterocycles. The van der Waals surface area contributed by atoms with Crippen LogP contribution in [0.4, 0.5) is 0 Å². The van der Waals surface area contributed by atoms with Crippen molar-refractivity contribution in [1.29, 1.82) is 0 Å². The van der Waals surface area contributed by atoms with Gasteiger partial charge in [-0.3, -0.25) is 4.57 Å². The van der Waals surface area contributed by atoms with Gasteiger partial charge in [0.2, 0.25) is 0 Å². The number of quaternary nitrogens is 1. The van der Waals surface area contributed by atoms with Crippen molar-refractivity contribution in [3.8, 4) is 6.01 Å². The van der Waals surface area contributed by atoms with Crippen LogP contribution >= 0.6 is 11.6 Å². The van der Waals surface area contributed by atoms with Crippen LogP contribution in [0.15, 0.2) is 18.2 Å². The summed E-state index contributed by atoms with van der Waals surface area (Å²) in [5.74, 6) is 0.594. The number of aromatic nitrogens is 2. The van der Waals surface area contributed by atoms with Gasteiger partial charge in [-0.2, -0.15) is 4.98 Å². The number of rotatable bonds is 0. The van der Waals surface area contributed by atoms with E-state index in [1.165, 1.54) is 0 Å². The van der Waals surface area contributed by atoms with E-state index in [4.69, 9.17) is 24.3 Å². The number of benzene rings is 1. The zero-order valence-electron chi connectivity index (χ0n) is 11.8. The molecule has 1 spiro atoms. The average Bonchev–Trinajstić information content (AvgIpc) is 2.95. The fraction of sp³-hybridized carbons (Fsp3) is 0.533. The Balaban J connectivity index is 1.61. The molecular formula is C15H16BClN3O. The number of imidazole rings is 1. The van der Waals surface area contributed by atoms with Gasteiger partial charge in [0.05, 0.1) is 23.6 Å². The van der Waals surface area contributed by atoms with Gasteiger partial charge in [-0.1, -0.05) is 17.7 Å². The molecule has 3 fully saturated rings. The van der Waals surface area contributed by atoms with E-state index in [0.717, 1.165) is 50.1 Å². The first-order valence-electron chi connectivity index (χ1n) is 7.57. The number of nitrogens with zero attached hydrogens (tertiary/aromatic N) is 3. The van der Waals surface area contributed by atoms with E-state index >= 15 is 0 Å². The molecule has 1 unspecified atom stereocenters. The SMILES string of the molecule is [B-][N+]12CCC(CC1)C1(Cn3c(nc4c(Cl)cccc43)O1)C2. The standard InChI is InChI=1S/C15H16BClN3O/c16-20-6-4-10(5-7-20)15(9-20)8-19-12-3-1-2-11(17)13(12)18-14(19)21-15/h1-3,10H,4-9H2. The van der Waals surface area contributed by atoms with E-state index in [2.05, 4.69) is 15.6 Å². The first-order chi connectivity index (χ1) is 10.1. The van der Waals surface area contributed by atoms with Crippen molar-refractivity contribution >= 4 is 30.6 Å². The summed E-state index contributed by atoms with van der Waals surface area (Å²) in [6, 6.07) is 6.61. The van der Waals surface area contributed by atoms with E-state index < -0.39 is 0 Å². The summed E-state index contributed by atoms with van der Waals surface area (Å²) in [4.78, 5) is 4.61. The molecule has 0 amide bonds. The van der Waals surface area contributed by atoms with Crippen molar-refractivity contribution in [1.82, 2.24) is 9.55 Å². The largest absolute Gasteiger partial charge is 0.585 e. The predicted molar refractivity (Wildman–Crippen MR) is 81.4 cm³/mol. The first-order valence-corrected chi connectivity index (χ1v) is 7.95. The smallest absolute Gasteiger partial charge is 0.298 e. The molecule has 5 heterocycles. The average molecular weight is 301 g/mol. The van der Waals surface area contributed by atoms with Gasteiger partial charge in [-0.05, 0) is 25.0 Å². The molecule has 4 aliphatic rings. The van der Waals surface area contributed by atoms with E-state index in [9.17, 15) is 0 Å². The van der Waals surface area contributed by atoms with Gasteiger partial charge >= 0.3 is 0 Å². The molecule has 3 radical (unpaired) electrons. The third-order valence-electron chi connectivity index (χ3n) is 5.59. The lowest BCUT2D eigenvalue weighted by Crippen LogP contribution is -2.69. The summed E-state index contributed by atoms with van der Waals surface area (Å²) >= 11 is 6.23. The number of fused-ring (bicyclic) bond motifs is 5. The molecule has 4 aliphatic heterocycles. The van der Waals surface area contributed by atoms with Crippen molar-refractivity contribution < 1.29 is 9.13 Å². The molecule has 1 aromatic heterocycles. The predicted octanol–water partition coefficient (Wildman–Crippen LogP) is 2.14. The summed E-state index contributed by atoms with van der Waals surface area (Å²) in [5.41, 5.74) is 1.74. The van der Waals surface area contributed by atoms with Gasteiger partial charge in [0.1, 0.15) is 5.52 Å². The van der Waals surface area contributed by atoms with Crippen LogP contribution in [0.3, 0.4) is 0 Å². The Bertz CT molecular complexity index is 753. The fourth-order valence-electron chi connectivity index (χ4n) is 4.53. The second-order valence-electron chi connectivity index (χ2n) is 6.85. The highest BCUT2D eigenvalue weighted by molar-refractivity contribution is 6.34. The van der Waals surface area contributed by atoms with Crippen LogP contribution in [-0.2, 0) is 6.54 Å². The summed E-state index contributed by atoms with van der Waals surface area (Å²) in [6.07, 6.45) is 2.31. The Morgan fingerprint density at radius 2 is 2.19 bits per heavy atom. The van der Waals surface area contributed by atoms with Crippen LogP contribution in [0.5, 0.6) is 6.01 Å². The fourth-order valence-corrected chi connectivity index (χ4v) is 4.74. The van der Waals surface area contributed by atoms with Gasteiger partial charge in [0.15, 0.2) is 5.60 Å². The normalized spacial score (nSPS) is 37.1. The molecule has 2 aromatic rings. The maximum atomic E-state index is 6.50. The molecule has 2 bridgehead atoms. The van der Waals surface area contributed by atoms with Crippen molar-refractivity contribution in [2.45, 2.75) is 25.0 Å². The molecule has 6 heteroatoms. The molecule has 0 aliphatic carbocycles. The molecular weight excluding hydrogens is 284 g/mol. The van der Waals surface area contributed by atoms with Crippen molar-refractivity contribution in [3.05, 3.63) is 23.2 Å². The van der Waals surface area contributed by atoms with E-state index in [-0.39, 0.29) is 5.60 Å². The number of hydrogen-bond acceptors (Lipinski definition) is 2. The summed E-state index contributed by atoms with van der Waals surface area (Å²) in [6.45, 7) is 3.89. The van der Waals surface area contributed by atoms with Gasteiger partial charge in [-0.15, -0.1) is 0 Å². The number of para-hydroxylation sites is 1. The van der Waals surface area contributed by atoms with Crippen LogP contribution in [0, 0.1) is 5.92 Å². The molecule has 107 valence electrons. The first kappa shape index (κ1) is 12.4. The van der Waals surface area contributed by atoms with Crippen molar-refractivity contribution in [2.75, 3.05) is 19.6 Å². The zero-order valence-corrected chi connectivity index (χ0v) is 12.5. The topological polar surface area (TPSA) is 27.1 Å². The quantitative estimate of drug-likeness (QED) is 0.697. The van der Waals surface area contributed by atoms with Crippen LogP contribution in [0.25, 0.3) is 11.0 Å². The second kappa shape index (κ2) is 3.76. The molecule has 0 N–H and O–H groups in total. The maximum Gasteiger partial charge on any atom is 0.298 e. The Hall–Kier alpha value is -1.20. The molecule has 0 saturated carbocycles. The van der Waals surface area contributed by atoms with E-state index in [1.807, 2.05) is 12.1 Å². The number of piperidine rings is 3. The molecule has 4 nitrogen and oxygen atoms in total. The zero-order chi connectivity index (χ0) is 14.2. The number of hydrogen-bond donors (Lipinski definition) is 0. The van der Waals surface area contributed by atoms with E-state index in [1.54, 1.807) is 0 Å². The number of halogens is 1. The summed E-state index contributed by atoms with van der Waals surface area (Å²) in [7, 11) is 6.50.